The number of nitrogens with zero attached hydrogens (tertiary/aromatic N) is 3. The van der Waals surface area contributed by atoms with E-state index in [1.165, 1.54) is 24.2 Å². The van der Waals surface area contributed by atoms with Gasteiger partial charge in [-0.2, -0.15) is 0 Å². The molecular formula is C22H29N5O+2. The summed E-state index contributed by atoms with van der Waals surface area (Å²) in [6, 6.07) is 19.3. The van der Waals surface area contributed by atoms with E-state index in [2.05, 4.69) is 64.1 Å². The Morgan fingerprint density at radius 3 is 2.46 bits per heavy atom. The van der Waals surface area contributed by atoms with Crippen LogP contribution in [0.25, 0.3) is 11.0 Å². The molecule has 0 bridgehead atoms. The van der Waals surface area contributed by atoms with Gasteiger partial charge in [0, 0.05) is 0 Å². The minimum Gasteiger partial charge on any atom is -0.370 e. The highest BCUT2D eigenvalue weighted by Gasteiger charge is 2.29. The number of rotatable bonds is 5. The van der Waals surface area contributed by atoms with Crippen molar-refractivity contribution in [3.8, 4) is 0 Å². The van der Waals surface area contributed by atoms with E-state index in [-0.39, 0.29) is 0 Å². The van der Waals surface area contributed by atoms with Gasteiger partial charge >= 0.3 is 0 Å². The maximum absolute atomic E-state index is 5.51. The van der Waals surface area contributed by atoms with Crippen LogP contribution >= 0.6 is 0 Å². The van der Waals surface area contributed by atoms with Gasteiger partial charge in [-0.05, 0) is 17.7 Å². The summed E-state index contributed by atoms with van der Waals surface area (Å²) in [7, 11) is 0. The third-order valence-electron chi connectivity index (χ3n) is 5.96. The number of ether oxygens (including phenoxy) is 1. The number of benzene rings is 2. The van der Waals surface area contributed by atoms with Gasteiger partial charge in [-0.15, -0.1) is 0 Å². The number of fused-ring (bicyclic) bond motifs is 3. The van der Waals surface area contributed by atoms with Crippen LogP contribution in [0.15, 0.2) is 54.6 Å². The molecule has 0 aliphatic carbocycles. The number of anilines is 1. The summed E-state index contributed by atoms with van der Waals surface area (Å²) in [4.78, 5) is 10.7. The summed E-state index contributed by atoms with van der Waals surface area (Å²) in [5.41, 5.74) is 3.67. The Hall–Kier alpha value is -2.41. The summed E-state index contributed by atoms with van der Waals surface area (Å²) in [6.45, 7) is 9.36. The second-order valence-electron chi connectivity index (χ2n) is 7.94. The summed E-state index contributed by atoms with van der Waals surface area (Å²) >= 11 is 0. The molecule has 2 aromatic carbocycles. The lowest BCUT2D eigenvalue weighted by molar-refractivity contribution is -0.973. The fraction of sp³-hybridized carbons (Fsp3) is 0.409. The van der Waals surface area contributed by atoms with Gasteiger partial charge in [0.1, 0.15) is 26.2 Å². The largest absolute Gasteiger partial charge is 0.370 e. The molecule has 28 heavy (non-hydrogen) atoms. The van der Waals surface area contributed by atoms with Crippen molar-refractivity contribution in [3.63, 3.8) is 0 Å². The van der Waals surface area contributed by atoms with E-state index in [0.717, 1.165) is 57.7 Å². The van der Waals surface area contributed by atoms with Gasteiger partial charge in [-0.3, -0.25) is 14.4 Å². The Balaban J connectivity index is 1.39. The van der Waals surface area contributed by atoms with Crippen LogP contribution in [0.3, 0.4) is 0 Å². The fourth-order valence-corrected chi connectivity index (χ4v) is 4.43. The van der Waals surface area contributed by atoms with Crippen molar-refractivity contribution >= 4 is 17.0 Å². The van der Waals surface area contributed by atoms with Crippen LogP contribution in [0.4, 0.5) is 5.95 Å². The van der Waals surface area contributed by atoms with E-state index < -0.39 is 0 Å². The van der Waals surface area contributed by atoms with Gasteiger partial charge in [0.2, 0.25) is 5.95 Å². The van der Waals surface area contributed by atoms with E-state index in [4.69, 9.17) is 9.72 Å². The minimum absolute atomic E-state index is 0.901. The number of morpholine rings is 1. The molecule has 1 saturated heterocycles. The molecule has 3 heterocycles. The van der Waals surface area contributed by atoms with Crippen LogP contribution < -0.4 is 14.7 Å². The number of para-hydroxylation sites is 2. The fourth-order valence-electron chi connectivity index (χ4n) is 4.43. The summed E-state index contributed by atoms with van der Waals surface area (Å²) in [6.07, 6.45) is 0. The second-order valence-corrected chi connectivity index (χ2v) is 7.94. The molecule has 0 saturated carbocycles. The molecule has 1 unspecified atom stereocenters. The number of hydrogen-bond donors (Lipinski definition) is 2. The van der Waals surface area contributed by atoms with E-state index in [1.54, 1.807) is 9.80 Å². The lowest BCUT2D eigenvalue weighted by atomic mass is 10.2. The van der Waals surface area contributed by atoms with Crippen LogP contribution in [-0.4, -0.2) is 55.6 Å². The third-order valence-corrected chi connectivity index (χ3v) is 5.96. The van der Waals surface area contributed by atoms with Crippen LogP contribution in [0.2, 0.25) is 0 Å². The van der Waals surface area contributed by atoms with Crippen molar-refractivity contribution in [2.75, 3.05) is 51.0 Å². The smallest absolute Gasteiger partial charge is 0.215 e. The predicted molar refractivity (Wildman–Crippen MR) is 109 cm³/mol. The molecule has 0 amide bonds. The first-order chi connectivity index (χ1) is 13.9. The summed E-state index contributed by atoms with van der Waals surface area (Å²) < 4.78 is 7.92. The molecule has 1 atom stereocenters. The first-order valence-corrected chi connectivity index (χ1v) is 10.4. The zero-order chi connectivity index (χ0) is 18.8. The average Bonchev–Trinajstić information content (AvgIpc) is 3.13. The van der Waals surface area contributed by atoms with Gasteiger partial charge in [-0.1, -0.05) is 42.5 Å². The zero-order valence-corrected chi connectivity index (χ0v) is 16.3. The molecule has 5 rings (SSSR count). The first kappa shape index (κ1) is 17.7. The van der Waals surface area contributed by atoms with Crippen LogP contribution in [0.5, 0.6) is 0 Å². The highest BCUT2D eigenvalue weighted by molar-refractivity contribution is 5.78. The lowest BCUT2D eigenvalue weighted by Crippen LogP contribution is -3.22. The number of aromatic nitrogens is 2. The summed E-state index contributed by atoms with van der Waals surface area (Å²) in [5, 5.41) is 0. The molecule has 146 valence electrons. The van der Waals surface area contributed by atoms with Crippen LogP contribution in [-0.2, 0) is 18.0 Å². The van der Waals surface area contributed by atoms with Crippen molar-refractivity contribution in [1.82, 2.24) is 9.55 Å². The summed E-state index contributed by atoms with van der Waals surface area (Å²) in [5.74, 6) is 1.10. The monoisotopic (exact) mass is 379 g/mol. The molecule has 2 aliphatic rings. The van der Waals surface area contributed by atoms with E-state index in [1.807, 2.05) is 0 Å². The average molecular weight is 380 g/mol. The zero-order valence-electron chi connectivity index (χ0n) is 16.3. The second kappa shape index (κ2) is 7.91. The molecule has 1 fully saturated rings. The maximum Gasteiger partial charge on any atom is 0.215 e. The molecule has 2 N–H and O–H groups in total. The van der Waals surface area contributed by atoms with Crippen molar-refractivity contribution in [3.05, 3.63) is 60.2 Å². The first-order valence-electron chi connectivity index (χ1n) is 10.4. The van der Waals surface area contributed by atoms with Gasteiger partial charge in [0.15, 0.2) is 13.3 Å². The number of quaternary nitrogens is 2. The molecule has 2 aliphatic heterocycles. The van der Waals surface area contributed by atoms with Crippen molar-refractivity contribution in [2.45, 2.75) is 13.2 Å². The highest BCUT2D eigenvalue weighted by Crippen LogP contribution is 2.24. The minimum atomic E-state index is 0.901. The quantitative estimate of drug-likeness (QED) is 0.644. The molecule has 6 nitrogen and oxygen atoms in total. The molecule has 1 aromatic heterocycles. The van der Waals surface area contributed by atoms with Gasteiger partial charge in [0.25, 0.3) is 0 Å². The highest BCUT2D eigenvalue weighted by atomic mass is 16.5. The van der Waals surface area contributed by atoms with Crippen LogP contribution in [0, 0.1) is 0 Å². The van der Waals surface area contributed by atoms with E-state index in [0.29, 0.717) is 0 Å². The number of hydrogen-bond acceptors (Lipinski definition) is 3. The maximum atomic E-state index is 5.51. The molecule has 6 heteroatoms. The van der Waals surface area contributed by atoms with Crippen LogP contribution in [0.1, 0.15) is 5.56 Å². The normalized spacial score (nSPS) is 20.4. The molecular weight excluding hydrogens is 350 g/mol. The Morgan fingerprint density at radius 2 is 1.61 bits per heavy atom. The molecule has 0 spiro atoms. The van der Waals surface area contributed by atoms with Crippen molar-refractivity contribution < 1.29 is 14.5 Å². The van der Waals surface area contributed by atoms with Gasteiger partial charge in [-0.25, -0.2) is 4.98 Å². The molecule has 0 radical (unpaired) electrons. The Bertz CT molecular complexity index is 919. The van der Waals surface area contributed by atoms with Gasteiger partial charge in [0.05, 0.1) is 30.8 Å². The lowest BCUT2D eigenvalue weighted by Gasteiger charge is -2.35. The topological polar surface area (TPSA) is 39.2 Å². The van der Waals surface area contributed by atoms with E-state index >= 15 is 0 Å². The Morgan fingerprint density at radius 1 is 0.857 bits per heavy atom. The Labute approximate surface area is 165 Å². The number of nitrogens with one attached hydrogen (secondary N) is 2. The van der Waals surface area contributed by atoms with Crippen molar-refractivity contribution in [1.29, 1.82) is 0 Å². The number of imidazole rings is 1. The third kappa shape index (κ3) is 3.63. The Kier molecular flexibility index (Phi) is 4.99. The van der Waals surface area contributed by atoms with E-state index in [9.17, 15) is 0 Å². The van der Waals surface area contributed by atoms with Crippen molar-refractivity contribution in [2.24, 2.45) is 0 Å². The van der Waals surface area contributed by atoms with Gasteiger partial charge < -0.3 is 9.64 Å². The predicted octanol–water partition coefficient (Wildman–Crippen LogP) is -0.228. The SMILES string of the molecule is c1ccc(CN2C[NH+](CC[NH+]3CCOCC3)Cn3c2nc2ccccc23)cc1. The molecule has 3 aromatic rings. The standard InChI is InChI=1S/C22H27N5O/c1-2-6-19(7-3-1)16-26-17-25(11-10-24-12-14-28-15-13-24)18-27-21-9-5-4-8-20(21)23-22(26)27/h1-9H,10-18H2/p+2.